The van der Waals surface area contributed by atoms with E-state index in [2.05, 4.69) is 67.8 Å². The van der Waals surface area contributed by atoms with Crippen LogP contribution in [0.4, 0.5) is 5.69 Å². The van der Waals surface area contributed by atoms with Crippen LogP contribution >= 0.6 is 67.8 Å². The van der Waals surface area contributed by atoms with Crippen LogP contribution in [0.15, 0.2) is 6.07 Å². The van der Waals surface area contributed by atoms with Gasteiger partial charge in [0.05, 0.1) is 32.0 Å². The fraction of sp³-hybridized carbons (Fsp3) is 0.385. The van der Waals surface area contributed by atoms with E-state index in [1.54, 1.807) is 11.9 Å². The minimum Gasteiger partial charge on any atom is -0.548 e. The van der Waals surface area contributed by atoms with Crippen molar-refractivity contribution < 1.29 is 53.7 Å². The molecule has 0 saturated carbocycles. The topological polar surface area (TPSA) is 78.9 Å². The van der Waals surface area contributed by atoms with Gasteiger partial charge in [0, 0.05) is 17.5 Å². The van der Waals surface area contributed by atoms with Crippen LogP contribution in [0, 0.1) is 10.7 Å². The van der Waals surface area contributed by atoms with Crippen LogP contribution in [0.25, 0.3) is 0 Å². The molecule has 0 saturated heterocycles. The molecule has 0 fully saturated rings. The maximum atomic E-state index is 11.6. The summed E-state index contributed by atoms with van der Waals surface area (Å²) < 4.78 is 13.2. The quantitative estimate of drug-likeness (QED) is 0.204. The van der Waals surface area contributed by atoms with Crippen LogP contribution in [0.2, 0.25) is 0 Å². The Morgan fingerprint density at radius 3 is 2.35 bits per heavy atom. The summed E-state index contributed by atoms with van der Waals surface area (Å²) in [6, 6.07) is 1.93. The molecule has 1 aromatic rings. The van der Waals surface area contributed by atoms with Gasteiger partial charge in [0.15, 0.2) is 0 Å². The zero-order valence-electron chi connectivity index (χ0n) is 12.8. The summed E-state index contributed by atoms with van der Waals surface area (Å²) in [6.45, 7) is 1.40. The maximum absolute atomic E-state index is 11.6. The molecular formula is C13H13I3NNaO5. The Balaban J connectivity index is 0.00000484. The Kier molecular flexibility index (Phi) is 12.2. The number of hydrogen-bond acceptors (Lipinski definition) is 5. The second kappa shape index (κ2) is 11.7. The molecule has 23 heavy (non-hydrogen) atoms. The van der Waals surface area contributed by atoms with E-state index >= 15 is 0 Å². The molecule has 0 aliphatic heterocycles. The van der Waals surface area contributed by atoms with Gasteiger partial charge in [0.1, 0.15) is 12.4 Å². The number of carboxylic acids is 1. The average Bonchev–Trinajstić information content (AvgIpc) is 2.40. The first kappa shape index (κ1) is 24.1. The van der Waals surface area contributed by atoms with Gasteiger partial charge in [-0.25, -0.2) is 0 Å². The van der Waals surface area contributed by atoms with Gasteiger partial charge in [-0.2, -0.15) is 0 Å². The number of benzene rings is 1. The molecule has 1 aromatic carbocycles. The number of carbonyl (C=O) groups is 2. The van der Waals surface area contributed by atoms with Crippen molar-refractivity contribution in [2.75, 3.05) is 31.8 Å². The Hall–Kier alpha value is 1.11. The third-order valence-electron chi connectivity index (χ3n) is 2.61. The van der Waals surface area contributed by atoms with E-state index in [0.717, 1.165) is 16.4 Å². The smallest absolute Gasteiger partial charge is 0.548 e. The summed E-state index contributed by atoms with van der Waals surface area (Å²) in [5.41, 5.74) is 0.791. The van der Waals surface area contributed by atoms with Gasteiger partial charge in [-0.1, -0.05) is 0 Å². The first-order valence-corrected chi connectivity index (χ1v) is 9.31. The minimum absolute atomic E-state index is 0. The monoisotopic (exact) mass is 667 g/mol. The SMILES string of the molecule is CC(=O)N(C)c1c(I)cc(I)c(OCCOCC(=O)[O-])c1I.[Na+]. The first-order valence-electron chi connectivity index (χ1n) is 6.07. The summed E-state index contributed by atoms with van der Waals surface area (Å²) >= 11 is 6.48. The summed E-state index contributed by atoms with van der Waals surface area (Å²) in [6.07, 6.45) is 0. The average molecular weight is 667 g/mol. The van der Waals surface area contributed by atoms with Gasteiger partial charge < -0.3 is 24.3 Å². The van der Waals surface area contributed by atoms with Crippen molar-refractivity contribution in [3.8, 4) is 5.75 Å². The molecule has 0 radical (unpaired) electrons. The summed E-state index contributed by atoms with van der Waals surface area (Å²) in [4.78, 5) is 23.4. The Morgan fingerprint density at radius 2 is 1.83 bits per heavy atom. The minimum atomic E-state index is -1.26. The summed E-state index contributed by atoms with van der Waals surface area (Å²) in [7, 11) is 1.71. The van der Waals surface area contributed by atoms with Crippen LogP contribution in [0.5, 0.6) is 5.75 Å². The maximum Gasteiger partial charge on any atom is 1.00 e. The van der Waals surface area contributed by atoms with Gasteiger partial charge >= 0.3 is 29.6 Å². The molecule has 0 aromatic heterocycles. The number of aliphatic carboxylic acids is 1. The van der Waals surface area contributed by atoms with E-state index in [9.17, 15) is 14.7 Å². The van der Waals surface area contributed by atoms with Crippen molar-refractivity contribution >= 4 is 85.3 Å². The molecule has 0 aliphatic rings. The van der Waals surface area contributed by atoms with Gasteiger partial charge in [-0.15, -0.1) is 0 Å². The van der Waals surface area contributed by atoms with Crippen LogP contribution in [-0.2, 0) is 14.3 Å². The van der Waals surface area contributed by atoms with E-state index in [0.29, 0.717) is 5.75 Å². The molecule has 6 nitrogen and oxygen atoms in total. The summed E-state index contributed by atoms with van der Waals surface area (Å²) in [5.74, 6) is -0.675. The zero-order chi connectivity index (χ0) is 16.9. The van der Waals surface area contributed by atoms with Gasteiger partial charge in [0.25, 0.3) is 0 Å². The molecule has 1 rings (SSSR count). The first-order chi connectivity index (χ1) is 10.3. The van der Waals surface area contributed by atoms with E-state index < -0.39 is 12.6 Å². The van der Waals surface area contributed by atoms with Crippen molar-refractivity contribution in [2.24, 2.45) is 0 Å². The van der Waals surface area contributed by atoms with Crippen LogP contribution in [0.3, 0.4) is 0 Å². The van der Waals surface area contributed by atoms with Gasteiger partial charge in [-0.3, -0.25) is 4.79 Å². The van der Waals surface area contributed by atoms with E-state index in [1.807, 2.05) is 6.07 Å². The van der Waals surface area contributed by atoms with E-state index in [-0.39, 0.29) is 48.7 Å². The molecule has 0 bridgehead atoms. The normalized spacial score (nSPS) is 9.96. The molecule has 0 heterocycles. The second-order valence-electron chi connectivity index (χ2n) is 4.18. The molecule has 10 heteroatoms. The predicted octanol–water partition coefficient (Wildman–Crippen LogP) is -1.37. The fourth-order valence-electron chi connectivity index (χ4n) is 1.52. The molecule has 0 N–H and O–H groups in total. The predicted molar refractivity (Wildman–Crippen MR) is 105 cm³/mol. The summed E-state index contributed by atoms with van der Waals surface area (Å²) in [5, 5.41) is 10.2. The number of halogens is 3. The number of anilines is 1. The van der Waals surface area contributed by atoms with Crippen molar-refractivity contribution in [2.45, 2.75) is 6.92 Å². The molecule has 0 atom stereocenters. The number of hydrogen-bond donors (Lipinski definition) is 0. The van der Waals surface area contributed by atoms with Gasteiger partial charge in [-0.05, 0) is 73.8 Å². The second-order valence-corrected chi connectivity index (χ2v) is 7.59. The number of rotatable bonds is 7. The molecule has 0 spiro atoms. The van der Waals surface area contributed by atoms with Crippen LogP contribution in [-0.4, -0.2) is 38.7 Å². The number of nitrogens with zero attached hydrogens (tertiary/aromatic N) is 1. The Bertz CT molecular complexity index is 585. The molecule has 0 unspecified atom stereocenters. The standard InChI is InChI=1S/C13H14I3NO5.Na/c1-7(18)17(2)12-8(14)5-9(15)13(11(12)16)22-4-3-21-6-10(19)20;/h5H,3-4,6H2,1-2H3,(H,19,20);/q;+1/p-1. The fourth-order valence-corrected chi connectivity index (χ4v) is 5.92. The van der Waals surface area contributed by atoms with Crippen LogP contribution < -0.4 is 44.3 Å². The van der Waals surface area contributed by atoms with E-state index in [1.165, 1.54) is 6.92 Å². The largest absolute Gasteiger partial charge is 1.00 e. The number of amides is 1. The molecule has 0 aliphatic carbocycles. The van der Waals surface area contributed by atoms with Crippen molar-refractivity contribution in [3.05, 3.63) is 16.8 Å². The molecular weight excluding hydrogens is 654 g/mol. The number of ether oxygens (including phenoxy) is 2. The molecule has 122 valence electrons. The Labute approximate surface area is 197 Å². The van der Waals surface area contributed by atoms with Gasteiger partial charge in [0.2, 0.25) is 5.91 Å². The number of carbonyl (C=O) groups excluding carboxylic acids is 2. The van der Waals surface area contributed by atoms with E-state index in [4.69, 9.17) is 9.47 Å². The Morgan fingerprint density at radius 1 is 1.22 bits per heavy atom. The third kappa shape index (κ3) is 7.48. The van der Waals surface area contributed by atoms with Crippen molar-refractivity contribution in [1.29, 1.82) is 0 Å². The third-order valence-corrected chi connectivity index (χ3v) is 5.23. The number of carboxylic acid groups (broad SMARTS) is 1. The van der Waals surface area contributed by atoms with Crippen LogP contribution in [0.1, 0.15) is 6.92 Å². The zero-order valence-corrected chi connectivity index (χ0v) is 21.3. The molecule has 1 amide bonds. The van der Waals surface area contributed by atoms with Crippen molar-refractivity contribution in [3.63, 3.8) is 0 Å². The van der Waals surface area contributed by atoms with Crippen molar-refractivity contribution in [1.82, 2.24) is 0 Å².